The third kappa shape index (κ3) is 3.36. The molecule has 0 amide bonds. The summed E-state index contributed by atoms with van der Waals surface area (Å²) in [6.45, 7) is 0.875. The lowest BCUT2D eigenvalue weighted by atomic mass is 9.97. The molecule has 1 aliphatic rings. The third-order valence-electron chi connectivity index (χ3n) is 4.54. The minimum atomic E-state index is 0.174. The Kier molecular flexibility index (Phi) is 4.88. The molecule has 2 heterocycles. The molecule has 4 rings (SSSR count). The number of aliphatic hydroxyl groups excluding tert-OH is 1. The molecule has 0 saturated carbocycles. The number of aliphatic hydroxyl groups is 1. The first-order valence-corrected chi connectivity index (χ1v) is 9.88. The summed E-state index contributed by atoms with van der Waals surface area (Å²) in [5.74, 6) is 1.61. The smallest absolute Gasteiger partial charge is 0.163 e. The summed E-state index contributed by atoms with van der Waals surface area (Å²) in [5, 5.41) is 14.4. The maximum absolute atomic E-state index is 9.09. The number of aryl methyl sites for hydroxylation is 2. The number of hydrogen-bond acceptors (Lipinski definition) is 5. The van der Waals surface area contributed by atoms with Crippen molar-refractivity contribution >= 4 is 39.0 Å². The van der Waals surface area contributed by atoms with E-state index < -0.39 is 0 Å². The van der Waals surface area contributed by atoms with Crippen LogP contribution in [0.3, 0.4) is 0 Å². The molecule has 3 aromatic rings. The second-order valence-corrected chi connectivity index (χ2v) is 7.82. The molecular weight excluding hydrogens is 354 g/mol. The summed E-state index contributed by atoms with van der Waals surface area (Å²) >= 11 is 7.80. The van der Waals surface area contributed by atoms with E-state index in [1.807, 2.05) is 24.3 Å². The molecule has 130 valence electrons. The van der Waals surface area contributed by atoms with E-state index in [1.165, 1.54) is 28.7 Å². The van der Waals surface area contributed by atoms with Crippen LogP contribution in [0.1, 0.15) is 29.7 Å². The van der Waals surface area contributed by atoms with Crippen molar-refractivity contribution in [3.05, 3.63) is 39.7 Å². The van der Waals surface area contributed by atoms with Gasteiger partial charge in [-0.3, -0.25) is 0 Å². The molecule has 1 aliphatic carbocycles. The van der Waals surface area contributed by atoms with Gasteiger partial charge in [-0.15, -0.1) is 11.3 Å². The molecule has 0 atom stereocenters. The Morgan fingerprint density at radius 1 is 1.12 bits per heavy atom. The lowest BCUT2D eigenvalue weighted by molar-refractivity contribution is 0.292. The molecule has 0 fully saturated rings. The average molecular weight is 374 g/mol. The average Bonchev–Trinajstić information content (AvgIpc) is 3.01. The number of hydrogen-bond donors (Lipinski definition) is 2. The van der Waals surface area contributed by atoms with Gasteiger partial charge in [-0.05, 0) is 61.9 Å². The van der Waals surface area contributed by atoms with Crippen molar-refractivity contribution < 1.29 is 5.11 Å². The maximum atomic E-state index is 9.09. The predicted octanol–water partition coefficient (Wildman–Crippen LogP) is 4.68. The van der Waals surface area contributed by atoms with E-state index in [2.05, 4.69) is 5.32 Å². The highest BCUT2D eigenvalue weighted by Crippen LogP contribution is 2.39. The van der Waals surface area contributed by atoms with Crippen LogP contribution < -0.4 is 5.32 Å². The first-order chi connectivity index (χ1) is 12.3. The molecule has 6 heteroatoms. The standard InChI is InChI=1S/C19H20ClN3OS/c20-13-8-6-12(7-9-13)17-22-18(21-10-3-11-24)16-14-4-1-2-5-15(14)25-19(16)23-17/h6-9,24H,1-5,10-11H2,(H,21,22,23). The van der Waals surface area contributed by atoms with E-state index in [4.69, 9.17) is 26.7 Å². The molecular formula is C19H20ClN3OS. The molecule has 0 spiro atoms. The number of anilines is 1. The van der Waals surface area contributed by atoms with E-state index in [1.54, 1.807) is 11.3 Å². The number of halogens is 1. The van der Waals surface area contributed by atoms with Gasteiger partial charge in [0.1, 0.15) is 10.6 Å². The SMILES string of the molecule is OCCCNc1nc(-c2ccc(Cl)cc2)nc2sc3c(c12)CCCC3. The van der Waals surface area contributed by atoms with Gasteiger partial charge in [0.05, 0.1) is 5.39 Å². The van der Waals surface area contributed by atoms with Gasteiger partial charge in [-0.2, -0.15) is 0 Å². The highest BCUT2D eigenvalue weighted by atomic mass is 35.5. The van der Waals surface area contributed by atoms with E-state index in [0.29, 0.717) is 23.8 Å². The highest BCUT2D eigenvalue weighted by molar-refractivity contribution is 7.19. The summed E-state index contributed by atoms with van der Waals surface area (Å²) in [5.41, 5.74) is 2.38. The molecule has 0 saturated heterocycles. The zero-order valence-corrected chi connectivity index (χ0v) is 15.5. The van der Waals surface area contributed by atoms with E-state index in [0.717, 1.165) is 29.1 Å². The Bertz CT molecular complexity index is 892. The number of nitrogens with one attached hydrogen (secondary N) is 1. The summed E-state index contributed by atoms with van der Waals surface area (Å²) < 4.78 is 0. The normalized spacial score (nSPS) is 13.8. The van der Waals surface area contributed by atoms with Crippen molar-refractivity contribution in [3.8, 4) is 11.4 Å². The van der Waals surface area contributed by atoms with Gasteiger partial charge < -0.3 is 10.4 Å². The Hall–Kier alpha value is -1.69. The molecule has 0 aliphatic heterocycles. The second kappa shape index (κ2) is 7.28. The highest BCUT2D eigenvalue weighted by Gasteiger charge is 2.21. The van der Waals surface area contributed by atoms with Gasteiger partial charge >= 0.3 is 0 Å². The zero-order chi connectivity index (χ0) is 17.2. The zero-order valence-electron chi connectivity index (χ0n) is 13.9. The first kappa shape index (κ1) is 16.8. The minimum Gasteiger partial charge on any atom is -0.396 e. The fourth-order valence-corrected chi connectivity index (χ4v) is 4.69. The van der Waals surface area contributed by atoms with Crippen molar-refractivity contribution in [1.29, 1.82) is 0 Å². The third-order valence-corrected chi connectivity index (χ3v) is 5.98. The number of rotatable bonds is 5. The summed E-state index contributed by atoms with van der Waals surface area (Å²) in [4.78, 5) is 12.2. The van der Waals surface area contributed by atoms with Crippen LogP contribution in [-0.4, -0.2) is 28.2 Å². The summed E-state index contributed by atoms with van der Waals surface area (Å²) in [7, 11) is 0. The number of aromatic nitrogens is 2. The van der Waals surface area contributed by atoms with Gasteiger partial charge in [0.25, 0.3) is 0 Å². The number of benzene rings is 1. The molecule has 2 aromatic heterocycles. The fraction of sp³-hybridized carbons (Fsp3) is 0.368. The van der Waals surface area contributed by atoms with Crippen LogP contribution in [0, 0.1) is 0 Å². The molecule has 0 unspecified atom stereocenters. The van der Waals surface area contributed by atoms with Crippen molar-refractivity contribution in [1.82, 2.24) is 9.97 Å². The van der Waals surface area contributed by atoms with Crippen LogP contribution in [0.15, 0.2) is 24.3 Å². The number of nitrogens with zero attached hydrogens (tertiary/aromatic N) is 2. The molecule has 0 radical (unpaired) electrons. The van der Waals surface area contributed by atoms with Crippen molar-refractivity contribution in [2.75, 3.05) is 18.5 Å². The number of fused-ring (bicyclic) bond motifs is 3. The molecule has 25 heavy (non-hydrogen) atoms. The van der Waals surface area contributed by atoms with Gasteiger partial charge in [0.2, 0.25) is 0 Å². The van der Waals surface area contributed by atoms with Crippen molar-refractivity contribution in [2.45, 2.75) is 32.1 Å². The van der Waals surface area contributed by atoms with E-state index >= 15 is 0 Å². The Balaban J connectivity index is 1.83. The Labute approximate surface area is 155 Å². The molecule has 4 nitrogen and oxygen atoms in total. The van der Waals surface area contributed by atoms with Gasteiger partial charge in [-0.1, -0.05) is 11.6 Å². The Morgan fingerprint density at radius 3 is 2.72 bits per heavy atom. The van der Waals surface area contributed by atoms with Gasteiger partial charge in [0.15, 0.2) is 5.82 Å². The van der Waals surface area contributed by atoms with Crippen LogP contribution in [-0.2, 0) is 12.8 Å². The Morgan fingerprint density at radius 2 is 1.92 bits per heavy atom. The van der Waals surface area contributed by atoms with Crippen LogP contribution in [0.5, 0.6) is 0 Å². The van der Waals surface area contributed by atoms with E-state index in [-0.39, 0.29) is 6.61 Å². The molecule has 2 N–H and O–H groups in total. The van der Waals surface area contributed by atoms with E-state index in [9.17, 15) is 0 Å². The first-order valence-electron chi connectivity index (χ1n) is 8.69. The molecule has 0 bridgehead atoms. The van der Waals surface area contributed by atoms with Crippen LogP contribution in [0.4, 0.5) is 5.82 Å². The number of thiophene rings is 1. The fourth-order valence-electron chi connectivity index (χ4n) is 3.30. The van der Waals surface area contributed by atoms with Crippen LogP contribution in [0.2, 0.25) is 5.02 Å². The lowest BCUT2D eigenvalue weighted by Crippen LogP contribution is -2.08. The minimum absolute atomic E-state index is 0.174. The quantitative estimate of drug-likeness (QED) is 0.637. The monoisotopic (exact) mass is 373 g/mol. The predicted molar refractivity (Wildman–Crippen MR) is 105 cm³/mol. The summed E-state index contributed by atoms with van der Waals surface area (Å²) in [6.07, 6.45) is 5.43. The topological polar surface area (TPSA) is 58.0 Å². The lowest BCUT2D eigenvalue weighted by Gasteiger charge is -2.13. The van der Waals surface area contributed by atoms with Crippen molar-refractivity contribution in [3.63, 3.8) is 0 Å². The van der Waals surface area contributed by atoms with Crippen LogP contribution in [0.25, 0.3) is 21.6 Å². The maximum Gasteiger partial charge on any atom is 0.163 e. The second-order valence-electron chi connectivity index (χ2n) is 6.30. The van der Waals surface area contributed by atoms with Gasteiger partial charge in [0, 0.05) is 28.6 Å². The van der Waals surface area contributed by atoms with Gasteiger partial charge in [-0.25, -0.2) is 9.97 Å². The summed E-state index contributed by atoms with van der Waals surface area (Å²) in [6, 6.07) is 7.63. The largest absolute Gasteiger partial charge is 0.396 e. The van der Waals surface area contributed by atoms with Crippen molar-refractivity contribution in [2.24, 2.45) is 0 Å². The van der Waals surface area contributed by atoms with Crippen LogP contribution >= 0.6 is 22.9 Å². The molecule has 1 aromatic carbocycles.